The fraction of sp³-hybridized carbons (Fsp3) is 0.500. The molecule has 2 aromatic rings. The first-order valence-corrected chi connectivity index (χ1v) is 7.25. The van der Waals surface area contributed by atoms with E-state index in [4.69, 9.17) is 0 Å². The summed E-state index contributed by atoms with van der Waals surface area (Å²) in [5.74, 6) is -0.0577. The van der Waals surface area contributed by atoms with Crippen molar-refractivity contribution in [3.05, 3.63) is 23.8 Å². The predicted molar refractivity (Wildman–Crippen MR) is 80.2 cm³/mol. The van der Waals surface area contributed by atoms with Gasteiger partial charge >= 0.3 is 0 Å². The Hall–Kier alpha value is -1.99. The van der Waals surface area contributed by atoms with Gasteiger partial charge in [0.25, 0.3) is 5.91 Å². The molecule has 1 aliphatic rings. The minimum Gasteiger partial charge on any atom is -0.351 e. The van der Waals surface area contributed by atoms with Gasteiger partial charge in [0.15, 0.2) is 0 Å². The zero-order valence-electron chi connectivity index (χ0n) is 12.2. The van der Waals surface area contributed by atoms with E-state index < -0.39 is 0 Å². The molecule has 21 heavy (non-hydrogen) atoms. The maximum absolute atomic E-state index is 12.1. The van der Waals surface area contributed by atoms with Gasteiger partial charge in [-0.3, -0.25) is 9.69 Å². The van der Waals surface area contributed by atoms with Crippen molar-refractivity contribution < 1.29 is 4.79 Å². The third-order valence-corrected chi connectivity index (χ3v) is 3.80. The van der Waals surface area contributed by atoms with Gasteiger partial charge in [-0.1, -0.05) is 5.21 Å². The molecule has 0 unspecified atom stereocenters. The molecule has 0 atom stereocenters. The van der Waals surface area contributed by atoms with Crippen LogP contribution in [0.5, 0.6) is 0 Å². The number of piperazine rings is 1. The van der Waals surface area contributed by atoms with Crippen LogP contribution >= 0.6 is 0 Å². The lowest BCUT2D eigenvalue weighted by Crippen LogP contribution is -2.46. The average molecular weight is 288 g/mol. The van der Waals surface area contributed by atoms with E-state index >= 15 is 0 Å². The van der Waals surface area contributed by atoms with Gasteiger partial charge in [-0.2, -0.15) is 0 Å². The van der Waals surface area contributed by atoms with Crippen LogP contribution in [0.2, 0.25) is 0 Å². The van der Waals surface area contributed by atoms with Crippen LogP contribution in [0.25, 0.3) is 11.0 Å². The molecule has 1 aromatic carbocycles. The molecule has 0 bridgehead atoms. The summed E-state index contributed by atoms with van der Waals surface area (Å²) in [5.41, 5.74) is 2.29. The molecule has 2 heterocycles. The van der Waals surface area contributed by atoms with Crippen LogP contribution in [0.4, 0.5) is 0 Å². The monoisotopic (exact) mass is 288 g/mol. The Labute approximate surface area is 123 Å². The second kappa shape index (κ2) is 6.19. The SMILES string of the molecule is Cn1nnc2cc(C(=O)NCCN3CCNCC3)ccc21. The number of fused-ring (bicyclic) bond motifs is 1. The largest absolute Gasteiger partial charge is 0.351 e. The third-order valence-electron chi connectivity index (χ3n) is 3.80. The summed E-state index contributed by atoms with van der Waals surface area (Å²) < 4.78 is 1.70. The maximum atomic E-state index is 12.1. The Morgan fingerprint density at radius 3 is 3.00 bits per heavy atom. The Balaban J connectivity index is 1.56. The number of nitrogens with zero attached hydrogens (tertiary/aromatic N) is 4. The maximum Gasteiger partial charge on any atom is 0.251 e. The molecule has 3 rings (SSSR count). The molecule has 7 heteroatoms. The second-order valence-electron chi connectivity index (χ2n) is 5.26. The number of nitrogens with one attached hydrogen (secondary N) is 2. The highest BCUT2D eigenvalue weighted by atomic mass is 16.1. The summed E-state index contributed by atoms with van der Waals surface area (Å²) in [6.07, 6.45) is 0. The highest BCUT2D eigenvalue weighted by Crippen LogP contribution is 2.12. The summed E-state index contributed by atoms with van der Waals surface area (Å²) in [5, 5.41) is 14.3. The van der Waals surface area contributed by atoms with E-state index in [2.05, 4.69) is 25.8 Å². The molecule has 1 fully saturated rings. The van der Waals surface area contributed by atoms with Gasteiger partial charge in [-0.15, -0.1) is 5.10 Å². The number of aromatic nitrogens is 3. The number of carbonyl (C=O) groups excluding carboxylic acids is 1. The first-order valence-electron chi connectivity index (χ1n) is 7.25. The Morgan fingerprint density at radius 2 is 2.19 bits per heavy atom. The van der Waals surface area contributed by atoms with Crippen molar-refractivity contribution in [2.24, 2.45) is 7.05 Å². The number of aryl methyl sites for hydroxylation is 1. The molecule has 1 saturated heterocycles. The summed E-state index contributed by atoms with van der Waals surface area (Å²) in [6.45, 7) is 5.69. The smallest absolute Gasteiger partial charge is 0.251 e. The van der Waals surface area contributed by atoms with Crippen molar-refractivity contribution in [3.63, 3.8) is 0 Å². The van der Waals surface area contributed by atoms with Crippen LogP contribution in [-0.2, 0) is 7.05 Å². The lowest BCUT2D eigenvalue weighted by atomic mass is 10.2. The van der Waals surface area contributed by atoms with Crippen LogP contribution in [-0.4, -0.2) is 65.1 Å². The summed E-state index contributed by atoms with van der Waals surface area (Å²) in [7, 11) is 1.84. The van der Waals surface area contributed by atoms with E-state index in [9.17, 15) is 4.79 Å². The van der Waals surface area contributed by atoms with Crippen LogP contribution < -0.4 is 10.6 Å². The molecule has 2 N–H and O–H groups in total. The van der Waals surface area contributed by atoms with Gasteiger partial charge < -0.3 is 10.6 Å². The van der Waals surface area contributed by atoms with Crippen LogP contribution in [0.3, 0.4) is 0 Å². The average Bonchev–Trinajstić information content (AvgIpc) is 2.89. The minimum absolute atomic E-state index is 0.0577. The van der Waals surface area contributed by atoms with Crippen molar-refractivity contribution in [3.8, 4) is 0 Å². The van der Waals surface area contributed by atoms with Gasteiger partial charge in [0, 0.05) is 51.9 Å². The molecule has 0 radical (unpaired) electrons. The molecular weight excluding hydrogens is 268 g/mol. The molecule has 1 aliphatic heterocycles. The number of carbonyl (C=O) groups is 1. The zero-order valence-corrected chi connectivity index (χ0v) is 12.2. The summed E-state index contributed by atoms with van der Waals surface area (Å²) >= 11 is 0. The van der Waals surface area contributed by atoms with Crippen molar-refractivity contribution >= 4 is 16.9 Å². The van der Waals surface area contributed by atoms with Crippen molar-refractivity contribution in [1.82, 2.24) is 30.5 Å². The van der Waals surface area contributed by atoms with Crippen LogP contribution in [0, 0.1) is 0 Å². The standard InChI is InChI=1S/C14H20N6O/c1-19-13-3-2-11(10-12(13)17-18-19)14(21)16-6-9-20-7-4-15-5-8-20/h2-3,10,15H,4-9H2,1H3,(H,16,21). The van der Waals surface area contributed by atoms with E-state index in [-0.39, 0.29) is 5.91 Å². The fourth-order valence-corrected chi connectivity index (χ4v) is 2.55. The van der Waals surface area contributed by atoms with Crippen LogP contribution in [0.1, 0.15) is 10.4 Å². The van der Waals surface area contributed by atoms with Gasteiger partial charge in [0.05, 0.1) is 5.52 Å². The number of benzene rings is 1. The molecule has 0 saturated carbocycles. The molecule has 7 nitrogen and oxygen atoms in total. The number of hydrogen-bond donors (Lipinski definition) is 2. The lowest BCUT2D eigenvalue weighted by Gasteiger charge is -2.27. The molecular formula is C14H20N6O. The van der Waals surface area contributed by atoms with E-state index in [0.717, 1.165) is 43.8 Å². The first-order chi connectivity index (χ1) is 10.2. The number of hydrogen-bond acceptors (Lipinski definition) is 5. The van der Waals surface area contributed by atoms with Crippen molar-refractivity contribution in [2.75, 3.05) is 39.3 Å². The number of rotatable bonds is 4. The van der Waals surface area contributed by atoms with Gasteiger partial charge in [0.1, 0.15) is 5.52 Å². The quantitative estimate of drug-likeness (QED) is 0.801. The third kappa shape index (κ3) is 3.20. The van der Waals surface area contributed by atoms with Gasteiger partial charge in [-0.05, 0) is 18.2 Å². The van der Waals surface area contributed by atoms with E-state index in [1.807, 2.05) is 19.2 Å². The minimum atomic E-state index is -0.0577. The topological polar surface area (TPSA) is 75.1 Å². The van der Waals surface area contributed by atoms with E-state index in [1.165, 1.54) is 0 Å². The molecule has 1 amide bonds. The molecule has 0 spiro atoms. The van der Waals surface area contributed by atoms with Crippen LogP contribution in [0.15, 0.2) is 18.2 Å². The molecule has 1 aromatic heterocycles. The summed E-state index contributed by atoms with van der Waals surface area (Å²) in [6, 6.07) is 5.47. The van der Waals surface area contributed by atoms with Gasteiger partial charge in [0.2, 0.25) is 0 Å². The predicted octanol–water partition coefficient (Wildman–Crippen LogP) is -0.397. The second-order valence-corrected chi connectivity index (χ2v) is 5.26. The summed E-state index contributed by atoms with van der Waals surface area (Å²) in [4.78, 5) is 14.5. The highest BCUT2D eigenvalue weighted by Gasteiger charge is 2.11. The lowest BCUT2D eigenvalue weighted by molar-refractivity contribution is 0.0947. The highest BCUT2D eigenvalue weighted by molar-refractivity contribution is 5.97. The molecule has 0 aliphatic carbocycles. The van der Waals surface area contributed by atoms with Gasteiger partial charge in [-0.25, -0.2) is 4.68 Å². The van der Waals surface area contributed by atoms with E-state index in [1.54, 1.807) is 10.7 Å². The van der Waals surface area contributed by atoms with Crippen molar-refractivity contribution in [1.29, 1.82) is 0 Å². The number of amides is 1. The Kier molecular flexibility index (Phi) is 4.12. The first kappa shape index (κ1) is 14.0. The Bertz CT molecular complexity index is 631. The fourth-order valence-electron chi connectivity index (χ4n) is 2.55. The normalized spacial score (nSPS) is 16.2. The van der Waals surface area contributed by atoms with Crippen molar-refractivity contribution in [2.45, 2.75) is 0 Å². The zero-order chi connectivity index (χ0) is 14.7. The van der Waals surface area contributed by atoms with E-state index in [0.29, 0.717) is 12.1 Å². The molecule has 112 valence electrons. The Morgan fingerprint density at radius 1 is 1.38 bits per heavy atom.